The highest BCUT2D eigenvalue weighted by molar-refractivity contribution is 7.91. The van der Waals surface area contributed by atoms with Crippen LogP contribution >= 0.6 is 0 Å². The monoisotopic (exact) mass is 645 g/mol. The van der Waals surface area contributed by atoms with Crippen molar-refractivity contribution in [2.24, 2.45) is 0 Å². The third-order valence-corrected chi connectivity index (χ3v) is 9.92. The summed E-state index contributed by atoms with van der Waals surface area (Å²) in [6, 6.07) is 26.0. The number of phenols is 1. The van der Waals surface area contributed by atoms with Gasteiger partial charge in [0.1, 0.15) is 29.6 Å². The van der Waals surface area contributed by atoms with Crippen LogP contribution < -0.4 is 4.74 Å². The van der Waals surface area contributed by atoms with Crippen molar-refractivity contribution < 1.29 is 19.2 Å². The lowest BCUT2D eigenvalue weighted by Gasteiger charge is -2.21. The van der Waals surface area contributed by atoms with Crippen molar-refractivity contribution in [2.45, 2.75) is 91.4 Å². The van der Waals surface area contributed by atoms with Crippen LogP contribution in [0.4, 0.5) is 0 Å². The van der Waals surface area contributed by atoms with Gasteiger partial charge < -0.3 is 19.3 Å². The Bertz CT molecular complexity index is 1290. The van der Waals surface area contributed by atoms with E-state index in [9.17, 15) is 14.5 Å². The van der Waals surface area contributed by atoms with Crippen LogP contribution in [0, 0.1) is 0 Å². The van der Waals surface area contributed by atoms with Crippen LogP contribution in [-0.2, 0) is 16.0 Å². The van der Waals surface area contributed by atoms with Gasteiger partial charge in [0.15, 0.2) is 0 Å². The Kier molecular flexibility index (Phi) is 17.4. The lowest BCUT2D eigenvalue weighted by Crippen LogP contribution is -2.33. The maximum atomic E-state index is 12.3. The molecule has 1 atom stereocenters. The van der Waals surface area contributed by atoms with Gasteiger partial charge in [-0.05, 0) is 90.6 Å². The zero-order valence-corrected chi connectivity index (χ0v) is 29.2. The number of hydrogen-bond acceptors (Lipinski definition) is 4. The molecule has 0 aliphatic carbocycles. The molecular weight excluding hydrogens is 591 g/mol. The van der Waals surface area contributed by atoms with E-state index >= 15 is 0 Å². The van der Waals surface area contributed by atoms with E-state index in [0.717, 1.165) is 72.6 Å². The third-order valence-electron chi connectivity index (χ3n) is 8.43. The molecular formula is C40H55NO4S. The minimum Gasteiger partial charge on any atom is -0.616 e. The summed E-state index contributed by atoms with van der Waals surface area (Å²) in [5, 5.41) is 9.90. The van der Waals surface area contributed by atoms with Gasteiger partial charge in [0.25, 0.3) is 0 Å². The average Bonchev–Trinajstić information content (AvgIpc) is 3.07. The Morgan fingerprint density at radius 3 is 1.87 bits per heavy atom. The molecule has 3 aromatic rings. The first-order valence-electron chi connectivity index (χ1n) is 17.3. The van der Waals surface area contributed by atoms with Gasteiger partial charge in [-0.2, -0.15) is 0 Å². The highest BCUT2D eigenvalue weighted by atomic mass is 32.2. The number of unbranched alkanes of at least 4 members (excludes halogenated alkanes) is 8. The molecule has 0 saturated carbocycles. The zero-order chi connectivity index (χ0) is 33.0. The highest BCUT2D eigenvalue weighted by Crippen LogP contribution is 2.35. The maximum Gasteiger partial charge on any atom is 0.219 e. The molecule has 0 radical (unpaired) electrons. The van der Waals surface area contributed by atoms with Gasteiger partial charge in [0.05, 0.1) is 6.54 Å². The van der Waals surface area contributed by atoms with Crippen LogP contribution in [0.3, 0.4) is 0 Å². The fourth-order valence-corrected chi connectivity index (χ4v) is 7.05. The molecule has 5 nitrogen and oxygen atoms in total. The number of carbonyl (C=O) groups is 1. The van der Waals surface area contributed by atoms with E-state index in [1.54, 1.807) is 19.1 Å². The number of amides is 1. The van der Waals surface area contributed by atoms with Gasteiger partial charge >= 0.3 is 0 Å². The van der Waals surface area contributed by atoms with Crippen LogP contribution in [0.15, 0.2) is 78.9 Å². The summed E-state index contributed by atoms with van der Waals surface area (Å²) < 4.78 is 18.1. The van der Waals surface area contributed by atoms with E-state index in [-0.39, 0.29) is 11.7 Å². The van der Waals surface area contributed by atoms with Gasteiger partial charge in [0.2, 0.25) is 5.91 Å². The van der Waals surface area contributed by atoms with Crippen molar-refractivity contribution in [3.8, 4) is 11.5 Å². The van der Waals surface area contributed by atoms with Crippen LogP contribution in [0.1, 0.15) is 108 Å². The van der Waals surface area contributed by atoms with Crippen molar-refractivity contribution in [3.05, 3.63) is 95.6 Å². The fourth-order valence-electron chi connectivity index (χ4n) is 5.79. The molecule has 1 unspecified atom stereocenters. The maximum absolute atomic E-state index is 12.3. The summed E-state index contributed by atoms with van der Waals surface area (Å²) in [4.78, 5) is 14.2. The van der Waals surface area contributed by atoms with E-state index in [0.29, 0.717) is 13.2 Å². The predicted molar refractivity (Wildman–Crippen MR) is 195 cm³/mol. The van der Waals surface area contributed by atoms with Crippen LogP contribution in [0.25, 0.3) is 11.1 Å². The Balaban J connectivity index is 1.45. The van der Waals surface area contributed by atoms with E-state index in [1.165, 1.54) is 49.7 Å². The Hall–Kier alpha value is -3.22. The fraction of sp³-hybridized carbons (Fsp3) is 0.475. The average molecular weight is 646 g/mol. The highest BCUT2D eigenvalue weighted by Gasteiger charge is 2.14. The third kappa shape index (κ3) is 13.3. The number of rotatable bonds is 22. The number of phenolic OH excluding ortho intramolecular Hbond substituents is 1. The Labute approximate surface area is 281 Å². The SMILES string of the molecule is CCCCC[S+]([O-])CCCCCCCCCN(CCOc1ccc(/C(=C(\CC)c2ccccc2)c2ccc(O)cc2)cc1)C(C)=O. The summed E-state index contributed by atoms with van der Waals surface area (Å²) in [5.74, 6) is 2.84. The predicted octanol–water partition coefficient (Wildman–Crippen LogP) is 9.66. The number of nitrogens with zero attached hydrogens (tertiary/aromatic N) is 1. The van der Waals surface area contributed by atoms with Crippen molar-refractivity contribution in [3.63, 3.8) is 0 Å². The van der Waals surface area contributed by atoms with Crippen molar-refractivity contribution in [1.29, 1.82) is 0 Å². The topological polar surface area (TPSA) is 72.8 Å². The van der Waals surface area contributed by atoms with Crippen molar-refractivity contribution >= 4 is 28.2 Å². The second kappa shape index (κ2) is 21.6. The molecule has 1 amide bonds. The molecule has 46 heavy (non-hydrogen) atoms. The second-order valence-corrected chi connectivity index (χ2v) is 13.7. The largest absolute Gasteiger partial charge is 0.616 e. The summed E-state index contributed by atoms with van der Waals surface area (Å²) in [6.07, 6.45) is 12.3. The minimum atomic E-state index is -0.634. The lowest BCUT2D eigenvalue weighted by atomic mass is 9.88. The van der Waals surface area contributed by atoms with Crippen LogP contribution in [-0.4, -0.2) is 51.7 Å². The molecule has 0 aliphatic rings. The molecule has 0 aromatic heterocycles. The Morgan fingerprint density at radius 1 is 0.717 bits per heavy atom. The molecule has 0 saturated heterocycles. The number of allylic oxidation sites excluding steroid dienone is 1. The first-order chi connectivity index (χ1) is 22.4. The summed E-state index contributed by atoms with van der Waals surface area (Å²) in [6.45, 7) is 7.76. The van der Waals surface area contributed by atoms with E-state index < -0.39 is 11.2 Å². The van der Waals surface area contributed by atoms with Crippen molar-refractivity contribution in [1.82, 2.24) is 4.90 Å². The molecule has 0 bridgehead atoms. The number of hydrogen-bond donors (Lipinski definition) is 1. The zero-order valence-electron chi connectivity index (χ0n) is 28.3. The quantitative estimate of drug-likeness (QED) is 0.0671. The molecule has 6 heteroatoms. The van der Waals surface area contributed by atoms with Crippen LogP contribution in [0.2, 0.25) is 0 Å². The number of aromatic hydroxyl groups is 1. The van der Waals surface area contributed by atoms with E-state index in [1.807, 2.05) is 35.2 Å². The molecule has 0 heterocycles. The molecule has 3 rings (SSSR count). The summed E-state index contributed by atoms with van der Waals surface area (Å²) in [5.41, 5.74) is 5.69. The van der Waals surface area contributed by atoms with Gasteiger partial charge in [-0.15, -0.1) is 0 Å². The van der Waals surface area contributed by atoms with Gasteiger partial charge in [-0.3, -0.25) is 4.79 Å². The number of ether oxygens (including phenoxy) is 1. The summed E-state index contributed by atoms with van der Waals surface area (Å²) >= 11 is -0.634. The van der Waals surface area contributed by atoms with Crippen LogP contribution in [0.5, 0.6) is 11.5 Å². The van der Waals surface area contributed by atoms with Gasteiger partial charge in [-0.1, -0.05) is 112 Å². The second-order valence-electron chi connectivity index (χ2n) is 12.0. The standard InChI is InChI=1S/C40H55NO4S/c1-4-6-16-31-46(44)32-17-11-9-7-8-10-15-28-41(33(3)42)29-30-45-38-26-22-36(23-27-38)40(35-20-24-37(43)25-21-35)39(5-2)34-18-13-12-14-19-34/h12-14,18-27,43H,4-11,15-17,28-32H2,1-3H3/b40-39+. The van der Waals surface area contributed by atoms with Crippen molar-refractivity contribution in [2.75, 3.05) is 31.2 Å². The number of benzene rings is 3. The minimum absolute atomic E-state index is 0.0857. The first kappa shape index (κ1) is 37.2. The molecule has 250 valence electrons. The first-order valence-corrected chi connectivity index (χ1v) is 18.8. The van der Waals surface area contributed by atoms with Gasteiger partial charge in [-0.25, -0.2) is 0 Å². The lowest BCUT2D eigenvalue weighted by molar-refractivity contribution is -0.129. The molecule has 0 aliphatic heterocycles. The molecule has 3 aromatic carbocycles. The normalized spacial score (nSPS) is 12.4. The van der Waals surface area contributed by atoms with Gasteiger partial charge in [0, 0.05) is 13.5 Å². The Morgan fingerprint density at radius 2 is 1.28 bits per heavy atom. The smallest absolute Gasteiger partial charge is 0.219 e. The summed E-state index contributed by atoms with van der Waals surface area (Å²) in [7, 11) is 0. The van der Waals surface area contributed by atoms with E-state index in [2.05, 4.69) is 50.2 Å². The number of carbonyl (C=O) groups excluding carboxylic acids is 1. The molecule has 1 N–H and O–H groups in total. The molecule has 0 spiro atoms. The van der Waals surface area contributed by atoms with E-state index in [4.69, 9.17) is 4.74 Å². The molecule has 0 fully saturated rings.